The van der Waals surface area contributed by atoms with Gasteiger partial charge in [0.25, 0.3) is 0 Å². The topological polar surface area (TPSA) is 38.0 Å². The van der Waals surface area contributed by atoms with Gasteiger partial charge >= 0.3 is 0 Å². The van der Waals surface area contributed by atoms with Crippen molar-refractivity contribution in [2.24, 2.45) is 5.41 Å². The zero-order valence-electron chi connectivity index (χ0n) is 11.4. The molecule has 17 heavy (non-hydrogen) atoms. The highest BCUT2D eigenvalue weighted by atomic mass is 19.1. The van der Waals surface area contributed by atoms with E-state index in [0.29, 0.717) is 11.4 Å². The van der Waals surface area contributed by atoms with Crippen LogP contribution >= 0.6 is 0 Å². The number of hydrogen-bond acceptors (Lipinski definition) is 2. The summed E-state index contributed by atoms with van der Waals surface area (Å²) in [5, 5.41) is 3.21. The van der Waals surface area contributed by atoms with Crippen LogP contribution in [-0.2, 0) is 0 Å². The average Bonchev–Trinajstić information content (AvgIpc) is 2.07. The molecule has 96 valence electrons. The van der Waals surface area contributed by atoms with Crippen LogP contribution in [0.25, 0.3) is 0 Å². The van der Waals surface area contributed by atoms with E-state index in [1.54, 1.807) is 12.1 Å². The summed E-state index contributed by atoms with van der Waals surface area (Å²) in [6.45, 7) is 10.6. The first kappa shape index (κ1) is 13.8. The molecule has 1 rings (SSSR count). The Morgan fingerprint density at radius 1 is 1.18 bits per heavy atom. The van der Waals surface area contributed by atoms with Crippen LogP contribution in [-0.4, -0.2) is 5.54 Å². The molecule has 0 saturated carbocycles. The van der Waals surface area contributed by atoms with Crippen molar-refractivity contribution in [2.75, 3.05) is 11.1 Å². The lowest BCUT2D eigenvalue weighted by Gasteiger charge is -2.34. The Morgan fingerprint density at radius 3 is 2.24 bits per heavy atom. The van der Waals surface area contributed by atoms with Crippen LogP contribution in [0.15, 0.2) is 18.2 Å². The molecule has 0 aliphatic rings. The number of nitrogens with one attached hydrogen (secondary N) is 1. The van der Waals surface area contributed by atoms with E-state index in [-0.39, 0.29) is 16.8 Å². The van der Waals surface area contributed by atoms with E-state index in [4.69, 9.17) is 5.73 Å². The molecule has 1 aromatic rings. The van der Waals surface area contributed by atoms with Crippen molar-refractivity contribution in [3.8, 4) is 0 Å². The highest BCUT2D eigenvalue weighted by molar-refractivity contribution is 5.67. The summed E-state index contributed by atoms with van der Waals surface area (Å²) in [6, 6.07) is 4.75. The third-order valence-corrected chi connectivity index (χ3v) is 2.48. The first-order chi connectivity index (χ1) is 7.61. The van der Waals surface area contributed by atoms with Gasteiger partial charge in [0.15, 0.2) is 0 Å². The zero-order valence-corrected chi connectivity index (χ0v) is 11.4. The van der Waals surface area contributed by atoms with Crippen LogP contribution < -0.4 is 11.1 Å². The Bertz CT molecular complexity index is 371. The molecule has 0 spiro atoms. The molecular formula is C14H23FN2. The number of rotatable bonds is 3. The molecule has 0 saturated heterocycles. The zero-order chi connectivity index (χ0) is 13.3. The fourth-order valence-electron chi connectivity index (χ4n) is 2.38. The Kier molecular flexibility index (Phi) is 3.70. The molecule has 3 heteroatoms. The molecule has 0 fully saturated rings. The number of nitrogens with two attached hydrogens (primary N) is 1. The van der Waals surface area contributed by atoms with Crippen molar-refractivity contribution in [2.45, 2.75) is 46.6 Å². The molecule has 0 radical (unpaired) electrons. The van der Waals surface area contributed by atoms with Gasteiger partial charge in [-0.1, -0.05) is 26.8 Å². The second-order valence-corrected chi connectivity index (χ2v) is 6.45. The standard InChI is InChI=1S/C14H23FN2/c1-13(2,3)9-14(4,5)17-12-10(15)7-6-8-11(12)16/h6-8,17H,9,16H2,1-5H3. The Balaban J connectivity index is 2.90. The van der Waals surface area contributed by atoms with Crippen LogP contribution in [0.5, 0.6) is 0 Å². The monoisotopic (exact) mass is 238 g/mol. The highest BCUT2D eigenvalue weighted by Gasteiger charge is 2.26. The van der Waals surface area contributed by atoms with E-state index in [9.17, 15) is 4.39 Å². The number of benzene rings is 1. The number of halogens is 1. The van der Waals surface area contributed by atoms with Gasteiger partial charge in [0.05, 0.1) is 11.4 Å². The van der Waals surface area contributed by atoms with Gasteiger partial charge in [-0.05, 0) is 37.8 Å². The quantitative estimate of drug-likeness (QED) is 0.780. The maximum atomic E-state index is 13.7. The summed E-state index contributed by atoms with van der Waals surface area (Å²) in [4.78, 5) is 0. The van der Waals surface area contributed by atoms with Crippen molar-refractivity contribution < 1.29 is 4.39 Å². The van der Waals surface area contributed by atoms with E-state index in [1.807, 2.05) is 0 Å². The summed E-state index contributed by atoms with van der Waals surface area (Å²) in [7, 11) is 0. The minimum absolute atomic E-state index is 0.177. The van der Waals surface area contributed by atoms with Crippen LogP contribution in [0.4, 0.5) is 15.8 Å². The smallest absolute Gasteiger partial charge is 0.148 e. The van der Waals surface area contributed by atoms with Gasteiger partial charge < -0.3 is 11.1 Å². The lowest BCUT2D eigenvalue weighted by molar-refractivity contribution is 0.302. The minimum Gasteiger partial charge on any atom is -0.397 e. The first-order valence-corrected chi connectivity index (χ1v) is 5.93. The molecule has 2 nitrogen and oxygen atoms in total. The summed E-state index contributed by atoms with van der Waals surface area (Å²) >= 11 is 0. The fraction of sp³-hybridized carbons (Fsp3) is 0.571. The van der Waals surface area contributed by atoms with Gasteiger partial charge in [0.2, 0.25) is 0 Å². The van der Waals surface area contributed by atoms with Crippen molar-refractivity contribution in [1.29, 1.82) is 0 Å². The molecule has 0 heterocycles. The number of anilines is 2. The van der Waals surface area contributed by atoms with Gasteiger partial charge in [0.1, 0.15) is 5.82 Å². The molecule has 0 aliphatic carbocycles. The third-order valence-electron chi connectivity index (χ3n) is 2.48. The van der Waals surface area contributed by atoms with E-state index in [2.05, 4.69) is 39.9 Å². The Labute approximate surface area is 103 Å². The van der Waals surface area contributed by atoms with E-state index >= 15 is 0 Å². The third kappa shape index (κ3) is 4.25. The maximum Gasteiger partial charge on any atom is 0.148 e. The SMILES string of the molecule is CC(C)(C)CC(C)(C)Nc1c(N)cccc1F. The molecule has 0 aliphatic heterocycles. The van der Waals surface area contributed by atoms with Crippen molar-refractivity contribution in [3.63, 3.8) is 0 Å². The lowest BCUT2D eigenvalue weighted by atomic mass is 9.81. The van der Waals surface area contributed by atoms with Crippen LogP contribution in [0.2, 0.25) is 0 Å². The van der Waals surface area contributed by atoms with Gasteiger partial charge in [-0.2, -0.15) is 0 Å². The number of hydrogen-bond donors (Lipinski definition) is 2. The predicted octanol–water partition coefficient (Wildman–Crippen LogP) is 4.03. The maximum absolute atomic E-state index is 13.7. The number of para-hydroxylation sites is 1. The summed E-state index contributed by atoms with van der Waals surface area (Å²) in [6.07, 6.45) is 0.924. The van der Waals surface area contributed by atoms with Gasteiger partial charge in [-0.3, -0.25) is 0 Å². The van der Waals surface area contributed by atoms with Crippen LogP contribution in [0.1, 0.15) is 41.0 Å². The first-order valence-electron chi connectivity index (χ1n) is 5.93. The minimum atomic E-state index is -0.299. The number of nitrogen functional groups attached to an aromatic ring is 1. The molecule has 0 aromatic heterocycles. The lowest BCUT2D eigenvalue weighted by Crippen LogP contribution is -2.36. The second kappa shape index (κ2) is 4.55. The Morgan fingerprint density at radius 2 is 1.76 bits per heavy atom. The fourth-order valence-corrected chi connectivity index (χ4v) is 2.38. The van der Waals surface area contributed by atoms with E-state index in [1.165, 1.54) is 6.07 Å². The van der Waals surface area contributed by atoms with Crippen molar-refractivity contribution in [1.82, 2.24) is 0 Å². The average molecular weight is 238 g/mol. The Hall–Kier alpha value is -1.25. The molecule has 1 aromatic carbocycles. The van der Waals surface area contributed by atoms with Crippen molar-refractivity contribution >= 4 is 11.4 Å². The summed E-state index contributed by atoms with van der Waals surface area (Å²) in [5.74, 6) is -0.299. The van der Waals surface area contributed by atoms with E-state index in [0.717, 1.165) is 6.42 Å². The largest absolute Gasteiger partial charge is 0.397 e. The summed E-state index contributed by atoms with van der Waals surface area (Å²) in [5.41, 5.74) is 6.62. The van der Waals surface area contributed by atoms with E-state index < -0.39 is 0 Å². The molecule has 0 unspecified atom stereocenters. The highest BCUT2D eigenvalue weighted by Crippen LogP contribution is 2.32. The van der Waals surface area contributed by atoms with Crippen LogP contribution in [0, 0.1) is 11.2 Å². The van der Waals surface area contributed by atoms with Crippen LogP contribution in [0.3, 0.4) is 0 Å². The molecular weight excluding hydrogens is 215 g/mol. The molecule has 0 bridgehead atoms. The second-order valence-electron chi connectivity index (χ2n) is 6.45. The van der Waals surface area contributed by atoms with Gasteiger partial charge in [-0.15, -0.1) is 0 Å². The molecule has 3 N–H and O–H groups in total. The normalized spacial score (nSPS) is 12.6. The molecule has 0 atom stereocenters. The summed E-state index contributed by atoms with van der Waals surface area (Å²) < 4.78 is 13.7. The molecule has 0 amide bonds. The van der Waals surface area contributed by atoms with Gasteiger partial charge in [-0.25, -0.2) is 4.39 Å². The predicted molar refractivity (Wildman–Crippen MR) is 72.6 cm³/mol. The van der Waals surface area contributed by atoms with Gasteiger partial charge in [0, 0.05) is 5.54 Å². The van der Waals surface area contributed by atoms with Crippen molar-refractivity contribution in [3.05, 3.63) is 24.0 Å².